The van der Waals surface area contributed by atoms with Crippen molar-refractivity contribution in [3.05, 3.63) is 0 Å². The van der Waals surface area contributed by atoms with Crippen LogP contribution in [-0.4, -0.2) is 41.4 Å². The van der Waals surface area contributed by atoms with E-state index in [1.54, 1.807) is 4.90 Å². The Hall–Kier alpha value is -1.10. The van der Waals surface area contributed by atoms with E-state index in [1.807, 2.05) is 0 Å². The number of carbonyl (C=O) groups is 2. The molecule has 0 aromatic carbocycles. The van der Waals surface area contributed by atoms with E-state index in [9.17, 15) is 9.59 Å². The summed E-state index contributed by atoms with van der Waals surface area (Å²) in [6.07, 6.45) is 8.61. The molecule has 0 radical (unpaired) electrons. The van der Waals surface area contributed by atoms with Gasteiger partial charge in [0.2, 0.25) is 11.8 Å². The van der Waals surface area contributed by atoms with Gasteiger partial charge in [0.25, 0.3) is 0 Å². The molecule has 3 rings (SSSR count). The van der Waals surface area contributed by atoms with Crippen LogP contribution < -0.4 is 11.1 Å². The van der Waals surface area contributed by atoms with Gasteiger partial charge in [-0.05, 0) is 44.4 Å². The van der Waals surface area contributed by atoms with Gasteiger partial charge in [-0.1, -0.05) is 12.8 Å². The molecule has 3 fully saturated rings. The van der Waals surface area contributed by atoms with Crippen LogP contribution in [0.25, 0.3) is 0 Å². The monoisotopic (exact) mass is 279 g/mol. The Bertz CT molecular complexity index is 385. The zero-order chi connectivity index (χ0) is 14.1. The van der Waals surface area contributed by atoms with E-state index in [4.69, 9.17) is 5.73 Å². The molecule has 2 aliphatic heterocycles. The van der Waals surface area contributed by atoms with Gasteiger partial charge >= 0.3 is 0 Å². The Morgan fingerprint density at radius 3 is 2.55 bits per heavy atom. The highest BCUT2D eigenvalue weighted by molar-refractivity contribution is 5.89. The SMILES string of the molecule is NC(=O)C1CCCCN1C(=O)C1CC2CCCCC2N1. The first-order valence-electron chi connectivity index (χ1n) is 8.02. The van der Waals surface area contributed by atoms with E-state index in [0.29, 0.717) is 18.5 Å². The number of hydrogen-bond donors (Lipinski definition) is 2. The zero-order valence-corrected chi connectivity index (χ0v) is 12.0. The van der Waals surface area contributed by atoms with Gasteiger partial charge in [-0.25, -0.2) is 0 Å². The molecular weight excluding hydrogens is 254 g/mol. The minimum absolute atomic E-state index is 0.0944. The van der Waals surface area contributed by atoms with Crippen molar-refractivity contribution in [3.63, 3.8) is 0 Å². The number of hydrogen-bond acceptors (Lipinski definition) is 3. The molecule has 0 aromatic rings. The number of piperidine rings is 1. The van der Waals surface area contributed by atoms with Crippen molar-refractivity contribution < 1.29 is 9.59 Å². The Morgan fingerprint density at radius 1 is 1.05 bits per heavy atom. The summed E-state index contributed by atoms with van der Waals surface area (Å²) < 4.78 is 0. The molecule has 1 saturated carbocycles. The lowest BCUT2D eigenvalue weighted by Crippen LogP contribution is -2.55. The van der Waals surface area contributed by atoms with Crippen LogP contribution >= 0.6 is 0 Å². The highest BCUT2D eigenvalue weighted by Gasteiger charge is 2.42. The van der Waals surface area contributed by atoms with E-state index >= 15 is 0 Å². The zero-order valence-electron chi connectivity index (χ0n) is 12.0. The van der Waals surface area contributed by atoms with Crippen molar-refractivity contribution in [2.45, 2.75) is 69.5 Å². The summed E-state index contributed by atoms with van der Waals surface area (Å²) in [5.74, 6) is 0.394. The summed E-state index contributed by atoms with van der Waals surface area (Å²) in [4.78, 5) is 26.0. The van der Waals surface area contributed by atoms with Gasteiger partial charge in [0.05, 0.1) is 6.04 Å². The van der Waals surface area contributed by atoms with Crippen molar-refractivity contribution >= 4 is 11.8 Å². The Morgan fingerprint density at radius 2 is 1.80 bits per heavy atom. The summed E-state index contributed by atoms with van der Waals surface area (Å²) in [5, 5.41) is 3.51. The first kappa shape index (κ1) is 13.9. The van der Waals surface area contributed by atoms with Crippen molar-refractivity contribution in [3.8, 4) is 0 Å². The number of nitrogens with one attached hydrogen (secondary N) is 1. The second-order valence-corrected chi connectivity index (χ2v) is 6.55. The van der Waals surface area contributed by atoms with Crippen LogP contribution in [0, 0.1) is 5.92 Å². The molecule has 5 heteroatoms. The molecule has 1 aliphatic carbocycles. The van der Waals surface area contributed by atoms with Gasteiger partial charge in [0, 0.05) is 12.6 Å². The second-order valence-electron chi connectivity index (χ2n) is 6.55. The van der Waals surface area contributed by atoms with Gasteiger partial charge in [-0.3, -0.25) is 9.59 Å². The number of amides is 2. The summed E-state index contributed by atoms with van der Waals surface area (Å²) in [6, 6.07) is 0.0262. The molecular formula is C15H25N3O2. The largest absolute Gasteiger partial charge is 0.368 e. The van der Waals surface area contributed by atoms with Crippen LogP contribution in [0.15, 0.2) is 0 Å². The number of carbonyl (C=O) groups excluding carboxylic acids is 2. The first-order valence-corrected chi connectivity index (χ1v) is 8.02. The van der Waals surface area contributed by atoms with E-state index in [-0.39, 0.29) is 23.9 Å². The lowest BCUT2D eigenvalue weighted by molar-refractivity contribution is -0.142. The fourth-order valence-electron chi connectivity index (χ4n) is 4.20. The van der Waals surface area contributed by atoms with Crippen LogP contribution in [0.5, 0.6) is 0 Å². The lowest BCUT2D eigenvalue weighted by Gasteiger charge is -2.35. The van der Waals surface area contributed by atoms with E-state index in [1.165, 1.54) is 25.7 Å². The molecule has 4 unspecified atom stereocenters. The maximum atomic E-state index is 12.7. The van der Waals surface area contributed by atoms with E-state index in [2.05, 4.69) is 5.32 Å². The smallest absolute Gasteiger partial charge is 0.240 e. The molecule has 5 nitrogen and oxygen atoms in total. The molecule has 112 valence electrons. The minimum Gasteiger partial charge on any atom is -0.368 e. The standard InChI is InChI=1S/C15H25N3O2/c16-14(19)13-7-3-4-8-18(13)15(20)12-9-10-5-1-2-6-11(10)17-12/h10-13,17H,1-9H2,(H2,16,19). The molecule has 0 bridgehead atoms. The quantitative estimate of drug-likeness (QED) is 0.784. The maximum Gasteiger partial charge on any atom is 0.240 e. The summed E-state index contributed by atoms with van der Waals surface area (Å²) >= 11 is 0. The highest BCUT2D eigenvalue weighted by atomic mass is 16.2. The van der Waals surface area contributed by atoms with Gasteiger partial charge in [-0.2, -0.15) is 0 Å². The van der Waals surface area contributed by atoms with Gasteiger partial charge in [-0.15, -0.1) is 0 Å². The van der Waals surface area contributed by atoms with Gasteiger partial charge in [0.15, 0.2) is 0 Å². The Kier molecular flexibility index (Phi) is 3.96. The molecule has 2 amide bonds. The highest BCUT2D eigenvalue weighted by Crippen LogP contribution is 2.34. The van der Waals surface area contributed by atoms with Gasteiger partial charge in [0.1, 0.15) is 6.04 Å². The predicted octanol–water partition coefficient (Wildman–Crippen LogP) is 0.773. The van der Waals surface area contributed by atoms with Crippen molar-refractivity contribution in [2.75, 3.05) is 6.54 Å². The average Bonchev–Trinajstić information content (AvgIpc) is 2.90. The van der Waals surface area contributed by atoms with Crippen molar-refractivity contribution in [1.29, 1.82) is 0 Å². The fraction of sp³-hybridized carbons (Fsp3) is 0.867. The first-order chi connectivity index (χ1) is 9.66. The maximum absolute atomic E-state index is 12.7. The molecule has 3 N–H and O–H groups in total. The minimum atomic E-state index is -0.388. The number of fused-ring (bicyclic) bond motifs is 1. The number of primary amides is 1. The van der Waals surface area contributed by atoms with Crippen LogP contribution in [0.4, 0.5) is 0 Å². The number of rotatable bonds is 2. The Labute approximate surface area is 120 Å². The van der Waals surface area contributed by atoms with Crippen LogP contribution in [0.2, 0.25) is 0 Å². The van der Waals surface area contributed by atoms with Crippen molar-refractivity contribution in [2.24, 2.45) is 11.7 Å². The fourth-order valence-corrected chi connectivity index (χ4v) is 4.20. The van der Waals surface area contributed by atoms with Crippen LogP contribution in [0.1, 0.15) is 51.4 Å². The molecule has 0 spiro atoms. The van der Waals surface area contributed by atoms with Gasteiger partial charge < -0.3 is 16.0 Å². The van der Waals surface area contributed by atoms with Crippen LogP contribution in [-0.2, 0) is 9.59 Å². The average molecular weight is 279 g/mol. The molecule has 20 heavy (non-hydrogen) atoms. The number of nitrogens with two attached hydrogens (primary N) is 1. The molecule has 3 aliphatic rings. The third kappa shape index (κ3) is 2.55. The molecule has 2 saturated heterocycles. The Balaban J connectivity index is 1.67. The summed E-state index contributed by atoms with van der Waals surface area (Å²) in [7, 11) is 0. The molecule has 4 atom stereocenters. The second kappa shape index (κ2) is 5.72. The number of likely N-dealkylation sites (tertiary alicyclic amines) is 1. The van der Waals surface area contributed by atoms with Crippen LogP contribution in [0.3, 0.4) is 0 Å². The molecule has 0 aromatic heterocycles. The topological polar surface area (TPSA) is 75.4 Å². The number of nitrogens with zero attached hydrogens (tertiary/aromatic N) is 1. The lowest BCUT2D eigenvalue weighted by atomic mass is 9.85. The van der Waals surface area contributed by atoms with Crippen molar-refractivity contribution in [1.82, 2.24) is 10.2 Å². The summed E-state index contributed by atoms with van der Waals surface area (Å²) in [5.41, 5.74) is 5.46. The molecule has 2 heterocycles. The normalized spacial score (nSPS) is 37.5. The third-order valence-electron chi connectivity index (χ3n) is 5.28. The summed E-state index contributed by atoms with van der Waals surface area (Å²) in [6.45, 7) is 0.681. The predicted molar refractivity (Wildman–Crippen MR) is 75.8 cm³/mol. The third-order valence-corrected chi connectivity index (χ3v) is 5.28. The van der Waals surface area contributed by atoms with E-state index in [0.717, 1.165) is 25.7 Å². The van der Waals surface area contributed by atoms with E-state index < -0.39 is 0 Å².